The smallest absolute Gasteiger partial charge is 0.335 e. The highest BCUT2D eigenvalue weighted by Gasteiger charge is 2.41. The first-order chi connectivity index (χ1) is 8.56. The SMILES string of the molecule is CCCC1(CNc2ccc(C(=O)O)cc2F)CC1. The number of hydrogen-bond acceptors (Lipinski definition) is 2. The molecule has 1 aliphatic rings. The van der Waals surface area contributed by atoms with Crippen molar-refractivity contribution < 1.29 is 14.3 Å². The predicted octanol–water partition coefficient (Wildman–Crippen LogP) is 3.52. The van der Waals surface area contributed by atoms with Crippen LogP contribution >= 0.6 is 0 Å². The molecule has 0 amide bonds. The molecule has 2 N–H and O–H groups in total. The van der Waals surface area contributed by atoms with Gasteiger partial charge in [0.25, 0.3) is 0 Å². The molecule has 98 valence electrons. The van der Waals surface area contributed by atoms with Gasteiger partial charge in [0.15, 0.2) is 0 Å². The molecule has 4 heteroatoms. The van der Waals surface area contributed by atoms with E-state index in [9.17, 15) is 9.18 Å². The Bertz CT molecular complexity index is 455. The standard InChI is InChI=1S/C14H18FNO2/c1-2-5-14(6-7-14)9-16-12-4-3-10(13(17)18)8-11(12)15/h3-4,8,16H,2,5-7,9H2,1H3,(H,17,18). The Morgan fingerprint density at radius 2 is 2.22 bits per heavy atom. The number of benzene rings is 1. The van der Waals surface area contributed by atoms with Gasteiger partial charge in [0.05, 0.1) is 11.3 Å². The minimum atomic E-state index is -1.11. The molecular weight excluding hydrogens is 233 g/mol. The Kier molecular flexibility index (Phi) is 3.55. The lowest BCUT2D eigenvalue weighted by Gasteiger charge is -2.16. The van der Waals surface area contributed by atoms with Crippen LogP contribution in [0, 0.1) is 11.2 Å². The van der Waals surface area contributed by atoms with Crippen molar-refractivity contribution in [3.8, 4) is 0 Å². The van der Waals surface area contributed by atoms with Gasteiger partial charge in [0.2, 0.25) is 0 Å². The van der Waals surface area contributed by atoms with Crippen molar-refractivity contribution in [3.05, 3.63) is 29.6 Å². The number of hydrogen-bond donors (Lipinski definition) is 2. The summed E-state index contributed by atoms with van der Waals surface area (Å²) in [7, 11) is 0. The summed E-state index contributed by atoms with van der Waals surface area (Å²) in [6.45, 7) is 2.92. The largest absolute Gasteiger partial charge is 0.478 e. The normalized spacial score (nSPS) is 16.3. The molecule has 1 aliphatic carbocycles. The van der Waals surface area contributed by atoms with E-state index in [1.54, 1.807) is 0 Å². The molecule has 0 atom stereocenters. The van der Waals surface area contributed by atoms with Crippen molar-refractivity contribution in [2.24, 2.45) is 5.41 Å². The van der Waals surface area contributed by atoms with E-state index >= 15 is 0 Å². The molecule has 1 aromatic carbocycles. The second-order valence-electron chi connectivity index (χ2n) is 5.10. The molecule has 0 aliphatic heterocycles. The molecule has 1 aromatic rings. The molecule has 18 heavy (non-hydrogen) atoms. The van der Waals surface area contributed by atoms with E-state index in [1.807, 2.05) is 0 Å². The second kappa shape index (κ2) is 4.96. The van der Waals surface area contributed by atoms with Gasteiger partial charge in [-0.05, 0) is 42.9 Å². The maximum Gasteiger partial charge on any atom is 0.335 e. The van der Waals surface area contributed by atoms with Crippen LogP contribution in [-0.2, 0) is 0 Å². The number of carboxylic acids is 1. The zero-order valence-corrected chi connectivity index (χ0v) is 10.5. The zero-order chi connectivity index (χ0) is 13.2. The van der Waals surface area contributed by atoms with Gasteiger partial charge >= 0.3 is 5.97 Å². The highest BCUT2D eigenvalue weighted by atomic mass is 19.1. The summed E-state index contributed by atoms with van der Waals surface area (Å²) in [5, 5.41) is 11.9. The molecule has 2 rings (SSSR count). The van der Waals surface area contributed by atoms with Crippen LogP contribution in [0.5, 0.6) is 0 Å². The number of aromatic carboxylic acids is 1. The summed E-state index contributed by atoms with van der Waals surface area (Å²) < 4.78 is 13.7. The molecule has 0 unspecified atom stereocenters. The maximum atomic E-state index is 13.7. The summed E-state index contributed by atoms with van der Waals surface area (Å²) in [5.41, 5.74) is 0.710. The summed E-state index contributed by atoms with van der Waals surface area (Å²) in [4.78, 5) is 10.7. The van der Waals surface area contributed by atoms with E-state index in [1.165, 1.54) is 25.0 Å². The number of rotatable bonds is 6. The van der Waals surface area contributed by atoms with Crippen molar-refractivity contribution in [1.82, 2.24) is 0 Å². The van der Waals surface area contributed by atoms with Crippen LogP contribution in [0.3, 0.4) is 0 Å². The van der Waals surface area contributed by atoms with Gasteiger partial charge in [-0.25, -0.2) is 9.18 Å². The van der Waals surface area contributed by atoms with Gasteiger partial charge in [-0.1, -0.05) is 13.3 Å². The number of anilines is 1. The van der Waals surface area contributed by atoms with Crippen molar-refractivity contribution in [2.45, 2.75) is 32.6 Å². The average molecular weight is 251 g/mol. The van der Waals surface area contributed by atoms with Crippen molar-refractivity contribution in [1.29, 1.82) is 0 Å². The Balaban J connectivity index is 2.00. The van der Waals surface area contributed by atoms with Gasteiger partial charge in [-0.2, -0.15) is 0 Å². The molecule has 0 heterocycles. The van der Waals surface area contributed by atoms with Crippen LogP contribution in [0.1, 0.15) is 43.0 Å². The Labute approximate surface area is 106 Å². The summed E-state index contributed by atoms with van der Waals surface area (Å²) >= 11 is 0. The van der Waals surface area contributed by atoms with Crippen LogP contribution < -0.4 is 5.32 Å². The topological polar surface area (TPSA) is 49.3 Å². The van der Waals surface area contributed by atoms with Crippen LogP contribution in [0.25, 0.3) is 0 Å². The summed E-state index contributed by atoms with van der Waals surface area (Å²) in [6, 6.07) is 3.98. The van der Waals surface area contributed by atoms with Gasteiger partial charge < -0.3 is 10.4 Å². The van der Waals surface area contributed by atoms with E-state index in [-0.39, 0.29) is 5.56 Å². The third kappa shape index (κ3) is 2.81. The minimum absolute atomic E-state index is 0.0206. The van der Waals surface area contributed by atoms with Crippen LogP contribution in [0.4, 0.5) is 10.1 Å². The monoisotopic (exact) mass is 251 g/mol. The Morgan fingerprint density at radius 3 is 2.72 bits per heavy atom. The summed E-state index contributed by atoms with van der Waals surface area (Å²) in [5.74, 6) is -1.60. The molecule has 0 spiro atoms. The van der Waals surface area contributed by atoms with Gasteiger partial charge in [-0.15, -0.1) is 0 Å². The number of carboxylic acid groups (broad SMARTS) is 1. The number of nitrogens with one attached hydrogen (secondary N) is 1. The van der Waals surface area contributed by atoms with E-state index in [0.717, 1.165) is 25.5 Å². The Morgan fingerprint density at radius 1 is 1.50 bits per heavy atom. The molecule has 0 aromatic heterocycles. The van der Waals surface area contributed by atoms with Crippen molar-refractivity contribution >= 4 is 11.7 Å². The minimum Gasteiger partial charge on any atom is -0.478 e. The van der Waals surface area contributed by atoms with Crippen molar-refractivity contribution in [2.75, 3.05) is 11.9 Å². The number of carbonyl (C=O) groups is 1. The molecule has 0 radical (unpaired) electrons. The molecule has 0 saturated heterocycles. The predicted molar refractivity (Wildman–Crippen MR) is 68.4 cm³/mol. The average Bonchev–Trinajstić information content (AvgIpc) is 3.08. The van der Waals surface area contributed by atoms with Crippen LogP contribution in [0.15, 0.2) is 18.2 Å². The first kappa shape index (κ1) is 12.9. The highest BCUT2D eigenvalue weighted by molar-refractivity contribution is 5.88. The maximum absolute atomic E-state index is 13.7. The molecular formula is C14H18FNO2. The lowest BCUT2D eigenvalue weighted by atomic mass is 10.0. The first-order valence-electron chi connectivity index (χ1n) is 6.33. The third-order valence-electron chi connectivity index (χ3n) is 3.61. The van der Waals surface area contributed by atoms with Gasteiger partial charge in [0, 0.05) is 6.54 Å². The molecule has 1 saturated carbocycles. The molecule has 3 nitrogen and oxygen atoms in total. The fraction of sp³-hybridized carbons (Fsp3) is 0.500. The summed E-state index contributed by atoms with van der Waals surface area (Å²) in [6.07, 6.45) is 4.70. The first-order valence-corrected chi connectivity index (χ1v) is 6.33. The van der Waals surface area contributed by atoms with Gasteiger partial charge in [0.1, 0.15) is 5.82 Å². The van der Waals surface area contributed by atoms with Crippen molar-refractivity contribution in [3.63, 3.8) is 0 Å². The lowest BCUT2D eigenvalue weighted by molar-refractivity contribution is 0.0696. The highest BCUT2D eigenvalue weighted by Crippen LogP contribution is 2.49. The lowest BCUT2D eigenvalue weighted by Crippen LogP contribution is -2.16. The van der Waals surface area contributed by atoms with Crippen LogP contribution in [-0.4, -0.2) is 17.6 Å². The second-order valence-corrected chi connectivity index (χ2v) is 5.10. The van der Waals surface area contributed by atoms with E-state index in [4.69, 9.17) is 5.11 Å². The molecule has 1 fully saturated rings. The van der Waals surface area contributed by atoms with E-state index in [2.05, 4.69) is 12.2 Å². The van der Waals surface area contributed by atoms with E-state index < -0.39 is 11.8 Å². The quantitative estimate of drug-likeness (QED) is 0.813. The zero-order valence-electron chi connectivity index (χ0n) is 10.5. The van der Waals surface area contributed by atoms with Crippen LogP contribution in [0.2, 0.25) is 0 Å². The van der Waals surface area contributed by atoms with E-state index in [0.29, 0.717) is 11.1 Å². The Hall–Kier alpha value is -1.58. The third-order valence-corrected chi connectivity index (χ3v) is 3.61. The fourth-order valence-electron chi connectivity index (χ4n) is 2.30. The number of halogens is 1. The van der Waals surface area contributed by atoms with Gasteiger partial charge in [-0.3, -0.25) is 0 Å². The molecule has 0 bridgehead atoms. The fourth-order valence-corrected chi connectivity index (χ4v) is 2.30.